The van der Waals surface area contributed by atoms with Gasteiger partial charge in [-0.05, 0) is 48.5 Å². The maximum absolute atomic E-state index is 13.7. The Balaban J connectivity index is 1.50. The summed E-state index contributed by atoms with van der Waals surface area (Å²) in [6.45, 7) is 0. The van der Waals surface area contributed by atoms with Gasteiger partial charge in [0.05, 0.1) is 5.56 Å². The predicted octanol–water partition coefficient (Wildman–Crippen LogP) is 4.80. The van der Waals surface area contributed by atoms with Crippen LogP contribution >= 0.6 is 0 Å². The molecule has 1 heterocycles. The SMILES string of the molecule is O=C(Nc1ccc(-c2nnc(-c3ccccc3)o2)cc1)c1ccccc1F. The molecule has 132 valence electrons. The summed E-state index contributed by atoms with van der Waals surface area (Å²) in [5.74, 6) is -0.265. The summed E-state index contributed by atoms with van der Waals surface area (Å²) < 4.78 is 19.4. The lowest BCUT2D eigenvalue weighted by molar-refractivity contribution is 0.102. The first-order valence-corrected chi connectivity index (χ1v) is 8.26. The molecule has 1 amide bonds. The maximum Gasteiger partial charge on any atom is 0.258 e. The Morgan fingerprint density at radius 2 is 1.37 bits per heavy atom. The Bertz CT molecular complexity index is 1080. The van der Waals surface area contributed by atoms with Gasteiger partial charge in [0.25, 0.3) is 5.91 Å². The van der Waals surface area contributed by atoms with E-state index in [-0.39, 0.29) is 5.56 Å². The average molecular weight is 359 g/mol. The molecule has 1 aromatic heterocycles. The summed E-state index contributed by atoms with van der Waals surface area (Å²) in [6.07, 6.45) is 0. The van der Waals surface area contributed by atoms with Crippen LogP contribution in [0.2, 0.25) is 0 Å². The molecule has 0 spiro atoms. The first-order valence-electron chi connectivity index (χ1n) is 8.26. The van der Waals surface area contributed by atoms with Gasteiger partial charge in [0.1, 0.15) is 5.82 Å². The second kappa shape index (κ2) is 7.21. The van der Waals surface area contributed by atoms with E-state index < -0.39 is 11.7 Å². The van der Waals surface area contributed by atoms with Crippen LogP contribution in [-0.4, -0.2) is 16.1 Å². The number of amides is 1. The van der Waals surface area contributed by atoms with Crippen molar-refractivity contribution in [3.63, 3.8) is 0 Å². The molecule has 4 aromatic rings. The number of halogens is 1. The molecule has 0 saturated carbocycles. The minimum absolute atomic E-state index is 0.00835. The molecule has 3 aromatic carbocycles. The molecule has 0 aliphatic rings. The topological polar surface area (TPSA) is 68.0 Å². The lowest BCUT2D eigenvalue weighted by Gasteiger charge is -2.06. The Morgan fingerprint density at radius 1 is 0.778 bits per heavy atom. The summed E-state index contributed by atoms with van der Waals surface area (Å²) in [5, 5.41) is 10.8. The van der Waals surface area contributed by atoms with Gasteiger partial charge in [0.2, 0.25) is 11.8 Å². The molecule has 0 saturated heterocycles. The first kappa shape index (κ1) is 16.7. The number of benzene rings is 3. The molecule has 0 unspecified atom stereocenters. The Hall–Kier alpha value is -3.80. The monoisotopic (exact) mass is 359 g/mol. The third-order valence-corrected chi connectivity index (χ3v) is 3.95. The smallest absolute Gasteiger partial charge is 0.258 e. The van der Waals surface area contributed by atoms with Crippen LogP contribution in [0.4, 0.5) is 10.1 Å². The van der Waals surface area contributed by atoms with Gasteiger partial charge in [-0.2, -0.15) is 0 Å². The predicted molar refractivity (Wildman–Crippen MR) is 99.5 cm³/mol. The van der Waals surface area contributed by atoms with E-state index in [0.717, 1.165) is 5.56 Å². The standard InChI is InChI=1S/C21H14FN3O2/c22-18-9-5-4-8-17(18)19(26)23-16-12-10-15(11-13-16)21-25-24-20(27-21)14-6-2-1-3-7-14/h1-13H,(H,23,26). The van der Waals surface area contributed by atoms with E-state index in [1.54, 1.807) is 30.3 Å². The molecule has 0 atom stereocenters. The van der Waals surface area contributed by atoms with Crippen molar-refractivity contribution in [1.29, 1.82) is 0 Å². The molecule has 27 heavy (non-hydrogen) atoms. The lowest BCUT2D eigenvalue weighted by atomic mass is 10.1. The van der Waals surface area contributed by atoms with Crippen LogP contribution in [0.5, 0.6) is 0 Å². The highest BCUT2D eigenvalue weighted by Crippen LogP contribution is 2.25. The molecule has 1 N–H and O–H groups in total. The summed E-state index contributed by atoms with van der Waals surface area (Å²) >= 11 is 0. The second-order valence-corrected chi connectivity index (χ2v) is 5.79. The highest BCUT2D eigenvalue weighted by Gasteiger charge is 2.12. The number of carbonyl (C=O) groups excluding carboxylic acids is 1. The van der Waals surface area contributed by atoms with E-state index in [0.29, 0.717) is 23.0 Å². The van der Waals surface area contributed by atoms with Gasteiger partial charge in [0, 0.05) is 16.8 Å². The van der Waals surface area contributed by atoms with Crippen LogP contribution in [0.25, 0.3) is 22.9 Å². The summed E-state index contributed by atoms with van der Waals surface area (Å²) in [7, 11) is 0. The minimum Gasteiger partial charge on any atom is -0.416 e. The molecule has 0 aliphatic heterocycles. The van der Waals surface area contributed by atoms with Gasteiger partial charge in [0.15, 0.2) is 0 Å². The van der Waals surface area contributed by atoms with Crippen molar-refractivity contribution in [1.82, 2.24) is 10.2 Å². The molecule has 0 aliphatic carbocycles. The van der Waals surface area contributed by atoms with Crippen LogP contribution in [0.3, 0.4) is 0 Å². The highest BCUT2D eigenvalue weighted by molar-refractivity contribution is 6.04. The van der Waals surface area contributed by atoms with Crippen LogP contribution < -0.4 is 5.32 Å². The number of hydrogen-bond donors (Lipinski definition) is 1. The van der Waals surface area contributed by atoms with Crippen molar-refractivity contribution >= 4 is 11.6 Å². The highest BCUT2D eigenvalue weighted by atomic mass is 19.1. The number of anilines is 1. The van der Waals surface area contributed by atoms with Gasteiger partial charge in [-0.25, -0.2) is 4.39 Å². The number of rotatable bonds is 4. The third kappa shape index (κ3) is 3.59. The summed E-state index contributed by atoms with van der Waals surface area (Å²) in [4.78, 5) is 12.2. The number of nitrogens with one attached hydrogen (secondary N) is 1. The van der Waals surface area contributed by atoms with Gasteiger partial charge >= 0.3 is 0 Å². The van der Waals surface area contributed by atoms with Gasteiger partial charge in [-0.3, -0.25) is 4.79 Å². The van der Waals surface area contributed by atoms with Crippen LogP contribution in [0, 0.1) is 5.82 Å². The van der Waals surface area contributed by atoms with E-state index in [2.05, 4.69) is 15.5 Å². The Labute approximate surface area is 154 Å². The number of hydrogen-bond acceptors (Lipinski definition) is 4. The molecular formula is C21H14FN3O2. The largest absolute Gasteiger partial charge is 0.416 e. The van der Waals surface area contributed by atoms with Crippen molar-refractivity contribution in [2.45, 2.75) is 0 Å². The van der Waals surface area contributed by atoms with Crippen LogP contribution in [0.15, 0.2) is 83.3 Å². The van der Waals surface area contributed by atoms with Crippen molar-refractivity contribution < 1.29 is 13.6 Å². The van der Waals surface area contributed by atoms with Crippen LogP contribution in [0.1, 0.15) is 10.4 Å². The van der Waals surface area contributed by atoms with E-state index in [4.69, 9.17) is 4.42 Å². The van der Waals surface area contributed by atoms with E-state index >= 15 is 0 Å². The van der Waals surface area contributed by atoms with Crippen molar-refractivity contribution in [3.8, 4) is 22.9 Å². The Kier molecular flexibility index (Phi) is 4.45. The minimum atomic E-state index is -0.564. The zero-order valence-corrected chi connectivity index (χ0v) is 14.1. The van der Waals surface area contributed by atoms with Gasteiger partial charge in [-0.1, -0.05) is 30.3 Å². The lowest BCUT2D eigenvalue weighted by Crippen LogP contribution is -2.13. The fourth-order valence-electron chi connectivity index (χ4n) is 2.58. The first-order chi connectivity index (χ1) is 13.2. The van der Waals surface area contributed by atoms with Crippen molar-refractivity contribution in [2.24, 2.45) is 0 Å². The summed E-state index contributed by atoms with van der Waals surface area (Å²) in [5.41, 5.74) is 2.08. The quantitative estimate of drug-likeness (QED) is 0.568. The molecule has 0 bridgehead atoms. The zero-order chi connectivity index (χ0) is 18.6. The molecule has 0 radical (unpaired) electrons. The van der Waals surface area contributed by atoms with Gasteiger partial charge in [-0.15, -0.1) is 10.2 Å². The third-order valence-electron chi connectivity index (χ3n) is 3.95. The molecule has 4 rings (SSSR count). The van der Waals surface area contributed by atoms with E-state index in [1.807, 2.05) is 30.3 Å². The van der Waals surface area contributed by atoms with E-state index in [9.17, 15) is 9.18 Å². The van der Waals surface area contributed by atoms with Crippen LogP contribution in [-0.2, 0) is 0 Å². The fraction of sp³-hybridized carbons (Fsp3) is 0. The van der Waals surface area contributed by atoms with Gasteiger partial charge < -0.3 is 9.73 Å². The molecule has 5 nitrogen and oxygen atoms in total. The molecule has 0 fully saturated rings. The second-order valence-electron chi connectivity index (χ2n) is 5.79. The number of carbonyl (C=O) groups is 1. The van der Waals surface area contributed by atoms with Crippen molar-refractivity contribution in [3.05, 3.63) is 90.2 Å². The molecular weight excluding hydrogens is 345 g/mol. The maximum atomic E-state index is 13.7. The summed E-state index contributed by atoms with van der Waals surface area (Å²) in [6, 6.07) is 22.2. The molecule has 6 heteroatoms. The zero-order valence-electron chi connectivity index (χ0n) is 14.1. The van der Waals surface area contributed by atoms with Crippen molar-refractivity contribution in [2.75, 3.05) is 5.32 Å². The number of aromatic nitrogens is 2. The average Bonchev–Trinajstić information content (AvgIpc) is 3.20. The van der Waals surface area contributed by atoms with E-state index in [1.165, 1.54) is 18.2 Å². The Morgan fingerprint density at radius 3 is 2.04 bits per heavy atom. The normalized spacial score (nSPS) is 10.6. The number of nitrogens with zero attached hydrogens (tertiary/aromatic N) is 2. The fourth-order valence-corrected chi connectivity index (χ4v) is 2.58.